The SMILES string of the molecule is CC(C)(CBr)C[C@H]1CCCCO1. The Balaban J connectivity index is 2.28. The molecule has 1 aliphatic rings. The van der Waals surface area contributed by atoms with E-state index in [0.717, 1.165) is 11.9 Å². The van der Waals surface area contributed by atoms with Crippen molar-refractivity contribution in [3.63, 3.8) is 0 Å². The fourth-order valence-electron chi connectivity index (χ4n) is 1.64. The first-order chi connectivity index (χ1) is 5.64. The summed E-state index contributed by atoms with van der Waals surface area (Å²) >= 11 is 3.54. The summed E-state index contributed by atoms with van der Waals surface area (Å²) in [5.41, 5.74) is 0.391. The molecule has 0 saturated carbocycles. The van der Waals surface area contributed by atoms with Crippen LogP contribution < -0.4 is 0 Å². The molecule has 0 N–H and O–H groups in total. The zero-order chi connectivity index (χ0) is 9.03. The summed E-state index contributed by atoms with van der Waals surface area (Å²) in [6.07, 6.45) is 5.58. The molecular weight excluding hydrogens is 216 g/mol. The van der Waals surface area contributed by atoms with Crippen molar-refractivity contribution in [1.82, 2.24) is 0 Å². The number of alkyl halides is 1. The molecule has 0 aromatic heterocycles. The minimum atomic E-state index is 0.391. The zero-order valence-electron chi connectivity index (χ0n) is 8.11. The Kier molecular flexibility index (Phi) is 4.04. The average Bonchev–Trinajstić information content (AvgIpc) is 2.06. The highest BCUT2D eigenvalue weighted by molar-refractivity contribution is 9.09. The number of hydrogen-bond donors (Lipinski definition) is 0. The lowest BCUT2D eigenvalue weighted by Crippen LogP contribution is -2.27. The van der Waals surface area contributed by atoms with Crippen LogP contribution in [0.4, 0.5) is 0 Å². The molecule has 0 aromatic carbocycles. The predicted molar refractivity (Wildman–Crippen MR) is 55.8 cm³/mol. The highest BCUT2D eigenvalue weighted by atomic mass is 79.9. The van der Waals surface area contributed by atoms with Gasteiger partial charge in [-0.2, -0.15) is 0 Å². The van der Waals surface area contributed by atoms with Crippen molar-refractivity contribution in [2.45, 2.75) is 45.6 Å². The average molecular weight is 235 g/mol. The van der Waals surface area contributed by atoms with Gasteiger partial charge in [-0.3, -0.25) is 0 Å². The first-order valence-electron chi connectivity index (χ1n) is 4.82. The third-order valence-corrected chi connectivity index (χ3v) is 3.93. The van der Waals surface area contributed by atoms with Crippen molar-refractivity contribution in [2.75, 3.05) is 11.9 Å². The highest BCUT2D eigenvalue weighted by Crippen LogP contribution is 2.29. The molecular formula is C10H19BrO. The van der Waals surface area contributed by atoms with Crippen molar-refractivity contribution >= 4 is 15.9 Å². The first kappa shape index (κ1) is 10.5. The normalized spacial score (nSPS) is 25.8. The molecule has 72 valence electrons. The van der Waals surface area contributed by atoms with Crippen molar-refractivity contribution in [3.05, 3.63) is 0 Å². The van der Waals surface area contributed by atoms with E-state index in [4.69, 9.17) is 4.74 Å². The van der Waals surface area contributed by atoms with Crippen LogP contribution in [-0.2, 0) is 4.74 Å². The molecule has 0 aromatic rings. The van der Waals surface area contributed by atoms with Gasteiger partial charge in [0.25, 0.3) is 0 Å². The Morgan fingerprint density at radius 1 is 1.42 bits per heavy atom. The molecule has 1 aliphatic heterocycles. The second-order valence-corrected chi connectivity index (χ2v) is 5.05. The quantitative estimate of drug-likeness (QED) is 0.681. The zero-order valence-corrected chi connectivity index (χ0v) is 9.69. The largest absolute Gasteiger partial charge is 0.378 e. The number of rotatable bonds is 3. The Labute approximate surface area is 84.0 Å². The smallest absolute Gasteiger partial charge is 0.0580 e. The molecule has 1 nitrogen and oxygen atoms in total. The van der Waals surface area contributed by atoms with Gasteiger partial charge in [0.15, 0.2) is 0 Å². The number of hydrogen-bond acceptors (Lipinski definition) is 1. The summed E-state index contributed by atoms with van der Waals surface area (Å²) in [7, 11) is 0. The fraction of sp³-hybridized carbons (Fsp3) is 1.00. The van der Waals surface area contributed by atoms with E-state index in [0.29, 0.717) is 11.5 Å². The first-order valence-corrected chi connectivity index (χ1v) is 5.94. The molecule has 1 saturated heterocycles. The summed E-state index contributed by atoms with van der Waals surface area (Å²) in [6.45, 7) is 5.56. The van der Waals surface area contributed by atoms with E-state index in [2.05, 4.69) is 29.8 Å². The van der Waals surface area contributed by atoms with Gasteiger partial charge in [-0.05, 0) is 31.1 Å². The van der Waals surface area contributed by atoms with Gasteiger partial charge < -0.3 is 4.74 Å². The third kappa shape index (κ3) is 3.44. The second-order valence-electron chi connectivity index (χ2n) is 4.49. The lowest BCUT2D eigenvalue weighted by molar-refractivity contribution is -0.00618. The molecule has 0 aliphatic carbocycles. The van der Waals surface area contributed by atoms with Crippen LogP contribution in [0.3, 0.4) is 0 Å². The fourth-order valence-corrected chi connectivity index (χ4v) is 1.87. The van der Waals surface area contributed by atoms with Crippen LogP contribution in [0.25, 0.3) is 0 Å². The Hall–Kier alpha value is 0.440. The van der Waals surface area contributed by atoms with Crippen molar-refractivity contribution in [3.8, 4) is 0 Å². The molecule has 1 atom stereocenters. The van der Waals surface area contributed by atoms with Crippen LogP contribution in [0.15, 0.2) is 0 Å². The molecule has 2 heteroatoms. The monoisotopic (exact) mass is 234 g/mol. The summed E-state index contributed by atoms with van der Waals surface area (Å²) in [4.78, 5) is 0. The van der Waals surface area contributed by atoms with E-state index >= 15 is 0 Å². The van der Waals surface area contributed by atoms with Gasteiger partial charge in [-0.25, -0.2) is 0 Å². The van der Waals surface area contributed by atoms with Crippen LogP contribution in [0.2, 0.25) is 0 Å². The van der Waals surface area contributed by atoms with Crippen molar-refractivity contribution in [2.24, 2.45) is 5.41 Å². The minimum absolute atomic E-state index is 0.391. The van der Waals surface area contributed by atoms with E-state index in [-0.39, 0.29) is 0 Å². The maximum atomic E-state index is 5.69. The Morgan fingerprint density at radius 3 is 2.67 bits per heavy atom. The maximum absolute atomic E-state index is 5.69. The third-order valence-electron chi connectivity index (χ3n) is 2.42. The van der Waals surface area contributed by atoms with Crippen LogP contribution in [0, 0.1) is 5.41 Å². The van der Waals surface area contributed by atoms with E-state index in [9.17, 15) is 0 Å². The summed E-state index contributed by atoms with van der Waals surface area (Å²) in [5, 5.41) is 1.07. The Morgan fingerprint density at radius 2 is 2.17 bits per heavy atom. The summed E-state index contributed by atoms with van der Waals surface area (Å²) in [5.74, 6) is 0. The summed E-state index contributed by atoms with van der Waals surface area (Å²) in [6, 6.07) is 0. The number of ether oxygens (including phenoxy) is 1. The molecule has 0 spiro atoms. The molecule has 0 radical (unpaired) electrons. The van der Waals surface area contributed by atoms with Gasteiger partial charge in [0, 0.05) is 11.9 Å². The molecule has 1 fully saturated rings. The van der Waals surface area contributed by atoms with Gasteiger partial charge in [0.1, 0.15) is 0 Å². The lowest BCUT2D eigenvalue weighted by atomic mass is 9.87. The van der Waals surface area contributed by atoms with Crippen LogP contribution in [0.1, 0.15) is 39.5 Å². The van der Waals surface area contributed by atoms with E-state index in [1.807, 2.05) is 0 Å². The van der Waals surface area contributed by atoms with Crippen molar-refractivity contribution < 1.29 is 4.74 Å². The van der Waals surface area contributed by atoms with Gasteiger partial charge in [-0.15, -0.1) is 0 Å². The minimum Gasteiger partial charge on any atom is -0.378 e. The lowest BCUT2D eigenvalue weighted by Gasteiger charge is -2.30. The van der Waals surface area contributed by atoms with Gasteiger partial charge in [0.05, 0.1) is 6.10 Å². The maximum Gasteiger partial charge on any atom is 0.0580 e. The predicted octanol–water partition coefficient (Wildman–Crippen LogP) is 3.37. The van der Waals surface area contributed by atoms with Crippen molar-refractivity contribution in [1.29, 1.82) is 0 Å². The summed E-state index contributed by atoms with van der Waals surface area (Å²) < 4.78 is 5.69. The number of halogens is 1. The molecule has 1 rings (SSSR count). The molecule has 0 bridgehead atoms. The van der Waals surface area contributed by atoms with Gasteiger partial charge >= 0.3 is 0 Å². The molecule has 0 unspecified atom stereocenters. The van der Waals surface area contributed by atoms with E-state index < -0.39 is 0 Å². The standard InChI is InChI=1S/C10H19BrO/c1-10(2,8-11)7-9-5-3-4-6-12-9/h9H,3-8H2,1-2H3/t9-/m1/s1. The van der Waals surface area contributed by atoms with Gasteiger partial charge in [0.2, 0.25) is 0 Å². The van der Waals surface area contributed by atoms with Crippen LogP contribution in [-0.4, -0.2) is 18.0 Å². The molecule has 12 heavy (non-hydrogen) atoms. The highest BCUT2D eigenvalue weighted by Gasteiger charge is 2.24. The second kappa shape index (κ2) is 4.61. The van der Waals surface area contributed by atoms with Crippen LogP contribution >= 0.6 is 15.9 Å². The topological polar surface area (TPSA) is 9.23 Å². The molecule has 0 amide bonds. The van der Waals surface area contributed by atoms with E-state index in [1.54, 1.807) is 0 Å². The van der Waals surface area contributed by atoms with Crippen LogP contribution in [0.5, 0.6) is 0 Å². The molecule has 1 heterocycles. The Bertz CT molecular complexity index is 128. The van der Waals surface area contributed by atoms with Gasteiger partial charge in [-0.1, -0.05) is 29.8 Å². The van der Waals surface area contributed by atoms with E-state index in [1.165, 1.54) is 25.7 Å².